The number of aliphatic carboxylic acids is 1. The molecule has 0 unspecified atom stereocenters. The Bertz CT molecular complexity index is 1170. The van der Waals surface area contributed by atoms with Crippen molar-refractivity contribution in [3.63, 3.8) is 0 Å². The van der Waals surface area contributed by atoms with E-state index in [1.807, 2.05) is 0 Å². The average Bonchev–Trinajstić information content (AvgIpc) is 3.29. The number of carbonyl (C=O) groups is 5. The third kappa shape index (κ3) is 9.17. The van der Waals surface area contributed by atoms with Crippen molar-refractivity contribution in [1.82, 2.24) is 15.6 Å². The summed E-state index contributed by atoms with van der Waals surface area (Å²) in [5.74, 6) is -3.67. The van der Waals surface area contributed by atoms with E-state index >= 15 is 0 Å². The van der Waals surface area contributed by atoms with E-state index in [-0.39, 0.29) is 34.3 Å². The number of thioether (sulfide) groups is 1. The Labute approximate surface area is 232 Å². The van der Waals surface area contributed by atoms with Gasteiger partial charge < -0.3 is 41.4 Å². The second kappa shape index (κ2) is 13.8. The van der Waals surface area contributed by atoms with Crippen LogP contribution in [0.25, 0.3) is 5.57 Å². The molecule has 14 nitrogen and oxygen atoms in total. The molecule has 2 amide bonds. The maximum absolute atomic E-state index is 13.1. The summed E-state index contributed by atoms with van der Waals surface area (Å²) < 4.78 is 14.8. The number of anilines is 1. The highest BCUT2D eigenvalue weighted by atomic mass is 32.2. The minimum absolute atomic E-state index is 0.0249. The number of aromatic nitrogens is 1. The van der Waals surface area contributed by atoms with Crippen molar-refractivity contribution >= 4 is 63.7 Å². The van der Waals surface area contributed by atoms with Crippen molar-refractivity contribution < 1.29 is 43.3 Å². The van der Waals surface area contributed by atoms with Gasteiger partial charge in [0.1, 0.15) is 17.7 Å². The summed E-state index contributed by atoms with van der Waals surface area (Å²) in [6.07, 6.45) is 0.969. The normalized spacial score (nSPS) is 16.5. The summed E-state index contributed by atoms with van der Waals surface area (Å²) in [6, 6.07) is -1.51. The first-order chi connectivity index (χ1) is 18.2. The molecule has 0 radical (unpaired) electrons. The van der Waals surface area contributed by atoms with Gasteiger partial charge in [0.2, 0.25) is 6.79 Å². The van der Waals surface area contributed by atoms with Gasteiger partial charge in [-0.3, -0.25) is 9.59 Å². The number of rotatable bonds is 11. The highest BCUT2D eigenvalue weighted by molar-refractivity contribution is 8.00. The predicted molar refractivity (Wildman–Crippen MR) is 143 cm³/mol. The molecule has 0 aliphatic carbocycles. The highest BCUT2D eigenvalue weighted by Crippen LogP contribution is 2.27. The minimum Gasteiger partial charge on any atom is -0.480 e. The van der Waals surface area contributed by atoms with Crippen LogP contribution in [0.2, 0.25) is 0 Å². The van der Waals surface area contributed by atoms with Gasteiger partial charge in [0.05, 0.1) is 16.7 Å². The van der Waals surface area contributed by atoms with Crippen LogP contribution in [0.3, 0.4) is 0 Å². The fraction of sp³-hybridized carbons (Fsp3) is 0.478. The number of nitrogens with two attached hydrogens (primary N) is 2. The first kappa shape index (κ1) is 31.4. The Morgan fingerprint density at radius 3 is 2.49 bits per heavy atom. The van der Waals surface area contributed by atoms with Gasteiger partial charge in [-0.05, 0) is 27.2 Å². The van der Waals surface area contributed by atoms with Crippen LogP contribution in [0.5, 0.6) is 0 Å². The average molecular weight is 586 g/mol. The summed E-state index contributed by atoms with van der Waals surface area (Å²) in [7, 11) is 0. The first-order valence-corrected chi connectivity index (χ1v) is 13.5. The number of amides is 2. The molecule has 2 heterocycles. The summed E-state index contributed by atoms with van der Waals surface area (Å²) >= 11 is 2.17. The van der Waals surface area contributed by atoms with Crippen LogP contribution in [0.15, 0.2) is 22.7 Å². The van der Waals surface area contributed by atoms with Gasteiger partial charge in [-0.2, -0.15) is 0 Å². The Morgan fingerprint density at radius 1 is 1.26 bits per heavy atom. The summed E-state index contributed by atoms with van der Waals surface area (Å²) in [4.78, 5) is 65.2. The number of nitrogens with one attached hydrogen (secondary N) is 2. The number of hydrogen-bond acceptors (Lipinski definition) is 13. The predicted octanol–water partition coefficient (Wildman–Crippen LogP) is 1.19. The van der Waals surface area contributed by atoms with E-state index in [4.69, 9.17) is 25.7 Å². The number of esters is 2. The van der Waals surface area contributed by atoms with E-state index in [2.05, 4.69) is 15.6 Å². The lowest BCUT2D eigenvalue weighted by atomic mass is 9.98. The van der Waals surface area contributed by atoms with E-state index in [1.54, 1.807) is 39.2 Å². The monoisotopic (exact) mass is 585 g/mol. The molecule has 0 aromatic carbocycles. The molecule has 0 bridgehead atoms. The standard InChI is InChI=1S/C23H31N5O9S2/c1-5-6-12(13-9-39-21(24)26-13)16(29)27-15(18(30)31)17-28-14(11(8-38-17)7-35-22(25)34)19(32)36-10-37-20(33)23(2,3)4/h6,9,15,17,28H,5,7-8,10H2,1-4H3,(H2,24,26)(H2,25,34)(H,27,29)(H,30,31)/b12-6-/t15-,17+/m0/s1. The lowest BCUT2D eigenvalue weighted by Gasteiger charge is -2.32. The number of nitrogen functional groups attached to an aromatic ring is 1. The molecule has 1 aromatic heterocycles. The van der Waals surface area contributed by atoms with Crippen LogP contribution >= 0.6 is 23.1 Å². The third-order valence-electron chi connectivity index (χ3n) is 4.97. The van der Waals surface area contributed by atoms with Crippen molar-refractivity contribution in [3.05, 3.63) is 28.4 Å². The fourth-order valence-corrected chi connectivity index (χ4v) is 4.79. The van der Waals surface area contributed by atoms with E-state index in [0.29, 0.717) is 12.1 Å². The molecule has 39 heavy (non-hydrogen) atoms. The number of carbonyl (C=O) groups excluding carboxylic acids is 4. The van der Waals surface area contributed by atoms with Crippen molar-refractivity contribution in [2.45, 2.75) is 45.5 Å². The van der Waals surface area contributed by atoms with Crippen LogP contribution in [0, 0.1) is 5.41 Å². The van der Waals surface area contributed by atoms with Crippen molar-refractivity contribution in [2.75, 3.05) is 24.9 Å². The Kier molecular flexibility index (Phi) is 11.2. The van der Waals surface area contributed by atoms with Crippen molar-refractivity contribution in [3.8, 4) is 0 Å². The molecule has 7 N–H and O–H groups in total. The maximum atomic E-state index is 13.1. The van der Waals surface area contributed by atoms with Crippen LogP contribution < -0.4 is 22.1 Å². The van der Waals surface area contributed by atoms with Gasteiger partial charge in [-0.15, -0.1) is 23.1 Å². The van der Waals surface area contributed by atoms with E-state index < -0.39 is 53.5 Å². The maximum Gasteiger partial charge on any atom is 0.404 e. The quantitative estimate of drug-likeness (QED) is 0.140. The third-order valence-corrected chi connectivity index (χ3v) is 6.91. The van der Waals surface area contributed by atoms with Crippen LogP contribution in [0.1, 0.15) is 39.8 Å². The van der Waals surface area contributed by atoms with Crippen LogP contribution in [-0.2, 0) is 33.4 Å². The molecule has 214 valence electrons. The minimum atomic E-state index is -1.51. The molecule has 0 fully saturated rings. The second-order valence-corrected chi connectivity index (χ2v) is 11.1. The number of carboxylic acids is 1. The number of carboxylic acid groups (broad SMARTS) is 1. The molecule has 2 rings (SSSR count). The topological polar surface area (TPSA) is 222 Å². The van der Waals surface area contributed by atoms with E-state index in [0.717, 1.165) is 23.1 Å². The van der Waals surface area contributed by atoms with Crippen LogP contribution in [-0.4, -0.2) is 70.6 Å². The van der Waals surface area contributed by atoms with Gasteiger partial charge in [0, 0.05) is 16.7 Å². The molecule has 2 atom stereocenters. The summed E-state index contributed by atoms with van der Waals surface area (Å²) in [5.41, 5.74) is 10.3. The molecule has 0 saturated carbocycles. The molecular formula is C23H31N5O9S2. The second-order valence-electron chi connectivity index (χ2n) is 9.08. The first-order valence-electron chi connectivity index (χ1n) is 11.6. The zero-order valence-corrected chi connectivity index (χ0v) is 23.4. The Morgan fingerprint density at radius 2 is 1.95 bits per heavy atom. The van der Waals surface area contributed by atoms with Gasteiger partial charge in [0.15, 0.2) is 11.2 Å². The Hall–Kier alpha value is -3.79. The van der Waals surface area contributed by atoms with Gasteiger partial charge >= 0.3 is 24.0 Å². The van der Waals surface area contributed by atoms with Crippen molar-refractivity contribution in [1.29, 1.82) is 0 Å². The smallest absolute Gasteiger partial charge is 0.404 e. The van der Waals surface area contributed by atoms with E-state index in [9.17, 15) is 29.1 Å². The molecular weight excluding hydrogens is 554 g/mol. The molecule has 1 aliphatic rings. The number of primary amides is 1. The molecule has 0 spiro atoms. The molecule has 0 saturated heterocycles. The fourth-order valence-electron chi connectivity index (χ4n) is 3.04. The molecule has 16 heteroatoms. The number of ether oxygens (including phenoxy) is 3. The number of thiazole rings is 1. The zero-order chi connectivity index (χ0) is 29.3. The summed E-state index contributed by atoms with van der Waals surface area (Å²) in [5, 5.41) is 15.9. The van der Waals surface area contributed by atoms with Crippen molar-refractivity contribution in [2.24, 2.45) is 11.1 Å². The van der Waals surface area contributed by atoms with Gasteiger partial charge in [0.25, 0.3) is 5.91 Å². The van der Waals surface area contributed by atoms with Gasteiger partial charge in [-0.1, -0.05) is 13.0 Å². The lowest BCUT2D eigenvalue weighted by Crippen LogP contribution is -2.55. The number of allylic oxidation sites excluding steroid dienone is 1. The highest BCUT2D eigenvalue weighted by Gasteiger charge is 2.37. The van der Waals surface area contributed by atoms with E-state index in [1.165, 1.54) is 0 Å². The van der Waals surface area contributed by atoms with Gasteiger partial charge in [-0.25, -0.2) is 19.4 Å². The summed E-state index contributed by atoms with van der Waals surface area (Å²) in [6.45, 7) is 5.57. The number of hydrogen-bond donors (Lipinski definition) is 5. The molecule has 1 aromatic rings. The largest absolute Gasteiger partial charge is 0.480 e. The molecule has 1 aliphatic heterocycles. The lowest BCUT2D eigenvalue weighted by molar-refractivity contribution is -0.171. The zero-order valence-electron chi connectivity index (χ0n) is 21.8. The SMILES string of the molecule is CC/C=C(\C(=O)N[C@H](C(=O)O)[C@@H]1NC(C(=O)OCOC(=O)C(C)(C)C)=C(COC(N)=O)CS1)c1csc(N)n1. The Balaban J connectivity index is 2.24. The van der Waals surface area contributed by atoms with Crippen LogP contribution in [0.4, 0.5) is 9.93 Å². The number of nitrogens with zero attached hydrogens (tertiary/aromatic N) is 1.